The average Bonchev–Trinajstić information content (AvgIpc) is 2.11. The Morgan fingerprint density at radius 3 is 3.00 bits per heavy atom. The molecule has 1 unspecified atom stereocenters. The van der Waals surface area contributed by atoms with Crippen molar-refractivity contribution >= 4 is 15.9 Å². The normalized spacial score (nSPS) is 25.4. The number of rotatable bonds is 0. The lowest BCUT2D eigenvalue weighted by molar-refractivity contribution is 0.0141. The van der Waals surface area contributed by atoms with E-state index in [0.29, 0.717) is 24.3 Å². The molecule has 2 rings (SSSR count). The van der Waals surface area contributed by atoms with Gasteiger partial charge in [0.25, 0.3) is 0 Å². The van der Waals surface area contributed by atoms with Crippen molar-refractivity contribution in [3.05, 3.63) is 28.0 Å². The number of ether oxygens (including phenoxy) is 1. The first kappa shape index (κ1) is 9.93. The zero-order valence-corrected chi connectivity index (χ0v) is 9.27. The Morgan fingerprint density at radius 2 is 2.29 bits per heavy atom. The lowest BCUT2D eigenvalue weighted by Crippen LogP contribution is -2.29. The molecule has 14 heavy (non-hydrogen) atoms. The largest absolute Gasteiger partial charge is 0.492 e. The molecule has 0 aromatic heterocycles. The average molecular weight is 261 g/mol. The summed E-state index contributed by atoms with van der Waals surface area (Å²) >= 11 is 3.11. The van der Waals surface area contributed by atoms with Gasteiger partial charge in [-0.15, -0.1) is 0 Å². The van der Waals surface area contributed by atoms with Crippen LogP contribution in [0.15, 0.2) is 16.6 Å². The molecule has 2 nitrogen and oxygen atoms in total. The fraction of sp³-hybridized carbons (Fsp3) is 0.400. The zero-order chi connectivity index (χ0) is 10.3. The predicted molar refractivity (Wildman–Crippen MR) is 53.8 cm³/mol. The van der Waals surface area contributed by atoms with Crippen LogP contribution in [-0.2, 0) is 5.60 Å². The van der Waals surface area contributed by atoms with E-state index in [1.54, 1.807) is 13.0 Å². The van der Waals surface area contributed by atoms with Crippen molar-refractivity contribution in [2.45, 2.75) is 18.9 Å². The van der Waals surface area contributed by atoms with E-state index >= 15 is 0 Å². The lowest BCUT2D eigenvalue weighted by Gasteiger charge is -2.31. The zero-order valence-electron chi connectivity index (χ0n) is 7.68. The number of hydrogen-bond acceptors (Lipinski definition) is 2. The maximum atomic E-state index is 13.1. The van der Waals surface area contributed by atoms with Crippen molar-refractivity contribution in [2.24, 2.45) is 0 Å². The molecule has 0 spiro atoms. The number of fused-ring (bicyclic) bond motifs is 1. The molecule has 1 aliphatic rings. The molecule has 1 atom stereocenters. The molecule has 0 amide bonds. The molecule has 0 bridgehead atoms. The second-order valence-electron chi connectivity index (χ2n) is 3.61. The summed E-state index contributed by atoms with van der Waals surface area (Å²) in [7, 11) is 0. The van der Waals surface area contributed by atoms with Gasteiger partial charge in [-0.25, -0.2) is 4.39 Å². The van der Waals surface area contributed by atoms with E-state index in [4.69, 9.17) is 4.74 Å². The van der Waals surface area contributed by atoms with Gasteiger partial charge in [0, 0.05) is 12.0 Å². The quantitative estimate of drug-likeness (QED) is 0.777. The first-order valence-electron chi connectivity index (χ1n) is 4.36. The van der Waals surface area contributed by atoms with Crippen molar-refractivity contribution in [3.63, 3.8) is 0 Å². The van der Waals surface area contributed by atoms with Gasteiger partial charge < -0.3 is 9.84 Å². The van der Waals surface area contributed by atoms with Gasteiger partial charge in [0.15, 0.2) is 0 Å². The molecule has 1 N–H and O–H groups in total. The van der Waals surface area contributed by atoms with Crippen LogP contribution in [0.4, 0.5) is 4.39 Å². The fourth-order valence-corrected chi connectivity index (χ4v) is 2.04. The van der Waals surface area contributed by atoms with Crippen LogP contribution >= 0.6 is 15.9 Å². The molecule has 76 valence electrons. The summed E-state index contributed by atoms with van der Waals surface area (Å²) in [6, 6.07) is 2.89. The van der Waals surface area contributed by atoms with E-state index in [-0.39, 0.29) is 10.3 Å². The smallest absolute Gasteiger partial charge is 0.142 e. The van der Waals surface area contributed by atoms with Crippen LogP contribution in [0.25, 0.3) is 0 Å². The second-order valence-corrected chi connectivity index (χ2v) is 4.40. The van der Waals surface area contributed by atoms with E-state index in [0.717, 1.165) is 0 Å². The highest BCUT2D eigenvalue weighted by molar-refractivity contribution is 9.10. The Labute approximate surface area is 89.8 Å². The van der Waals surface area contributed by atoms with Crippen LogP contribution in [-0.4, -0.2) is 11.7 Å². The third-order valence-corrected chi connectivity index (χ3v) is 3.20. The van der Waals surface area contributed by atoms with Crippen molar-refractivity contribution in [1.82, 2.24) is 0 Å². The Balaban J connectivity index is 2.62. The Hall–Kier alpha value is -0.610. The Bertz CT molecular complexity index is 377. The van der Waals surface area contributed by atoms with Crippen LogP contribution in [0.1, 0.15) is 18.9 Å². The van der Waals surface area contributed by atoms with Crippen LogP contribution in [0, 0.1) is 5.82 Å². The summed E-state index contributed by atoms with van der Waals surface area (Å²) in [5, 5.41) is 10.0. The molecule has 1 aromatic rings. The Kier molecular flexibility index (Phi) is 2.27. The minimum atomic E-state index is -0.927. The van der Waals surface area contributed by atoms with Crippen molar-refractivity contribution in [2.75, 3.05) is 6.61 Å². The minimum Gasteiger partial charge on any atom is -0.492 e. The van der Waals surface area contributed by atoms with E-state index in [9.17, 15) is 9.50 Å². The van der Waals surface area contributed by atoms with E-state index < -0.39 is 5.60 Å². The van der Waals surface area contributed by atoms with Crippen molar-refractivity contribution in [1.29, 1.82) is 0 Å². The highest BCUT2D eigenvalue weighted by atomic mass is 79.9. The summed E-state index contributed by atoms with van der Waals surface area (Å²) in [6.45, 7) is 2.11. The summed E-state index contributed by atoms with van der Waals surface area (Å²) in [5.74, 6) is 0.0442. The molecule has 0 aliphatic carbocycles. The molecule has 1 aliphatic heterocycles. The van der Waals surface area contributed by atoms with Crippen LogP contribution in [0.2, 0.25) is 0 Å². The SMILES string of the molecule is CC1(O)CCOc2c1ccc(F)c2Br. The number of aliphatic hydroxyl groups is 1. The van der Waals surface area contributed by atoms with Crippen LogP contribution in [0.3, 0.4) is 0 Å². The van der Waals surface area contributed by atoms with Crippen molar-refractivity contribution in [3.8, 4) is 5.75 Å². The molecule has 0 saturated carbocycles. The number of benzene rings is 1. The maximum absolute atomic E-state index is 13.1. The fourth-order valence-electron chi connectivity index (χ4n) is 1.58. The van der Waals surface area contributed by atoms with E-state index in [1.165, 1.54) is 6.07 Å². The van der Waals surface area contributed by atoms with Gasteiger partial charge >= 0.3 is 0 Å². The number of halogens is 2. The molecular weight excluding hydrogens is 251 g/mol. The lowest BCUT2D eigenvalue weighted by atomic mass is 9.90. The highest BCUT2D eigenvalue weighted by Gasteiger charge is 2.32. The number of hydrogen-bond donors (Lipinski definition) is 1. The standard InChI is InChI=1S/C10H10BrFO2/c1-10(13)4-5-14-9-6(10)2-3-7(12)8(9)11/h2-3,13H,4-5H2,1H3. The summed E-state index contributed by atoms with van der Waals surface area (Å²) in [4.78, 5) is 0. The predicted octanol–water partition coefficient (Wildman–Crippen LogP) is 2.58. The highest BCUT2D eigenvalue weighted by Crippen LogP contribution is 2.41. The van der Waals surface area contributed by atoms with Gasteiger partial charge in [-0.1, -0.05) is 0 Å². The van der Waals surface area contributed by atoms with E-state index in [2.05, 4.69) is 15.9 Å². The van der Waals surface area contributed by atoms with Gasteiger partial charge in [-0.3, -0.25) is 0 Å². The molecule has 0 fully saturated rings. The summed E-state index contributed by atoms with van der Waals surface area (Å²) < 4.78 is 18.8. The molecule has 1 heterocycles. The molecule has 1 aromatic carbocycles. The molecule has 4 heteroatoms. The third kappa shape index (κ3) is 1.42. The molecule has 0 radical (unpaired) electrons. The molecule has 0 saturated heterocycles. The first-order valence-corrected chi connectivity index (χ1v) is 5.15. The summed E-state index contributed by atoms with van der Waals surface area (Å²) in [5.41, 5.74) is -0.291. The van der Waals surface area contributed by atoms with Crippen molar-refractivity contribution < 1.29 is 14.2 Å². The monoisotopic (exact) mass is 260 g/mol. The first-order chi connectivity index (χ1) is 6.52. The summed E-state index contributed by atoms with van der Waals surface area (Å²) in [6.07, 6.45) is 0.526. The minimum absolute atomic E-state index is 0.287. The topological polar surface area (TPSA) is 29.5 Å². The van der Waals surface area contributed by atoms with Gasteiger partial charge in [0.2, 0.25) is 0 Å². The van der Waals surface area contributed by atoms with E-state index in [1.807, 2.05) is 0 Å². The van der Waals surface area contributed by atoms with Gasteiger partial charge in [0.05, 0.1) is 16.7 Å². The van der Waals surface area contributed by atoms with Gasteiger partial charge in [0.1, 0.15) is 11.6 Å². The van der Waals surface area contributed by atoms with Gasteiger partial charge in [-0.05, 0) is 35.0 Å². The van der Waals surface area contributed by atoms with Crippen LogP contribution < -0.4 is 4.74 Å². The Morgan fingerprint density at radius 1 is 1.57 bits per heavy atom. The second kappa shape index (κ2) is 3.21. The van der Waals surface area contributed by atoms with Gasteiger partial charge in [-0.2, -0.15) is 0 Å². The molecular formula is C10H10BrFO2. The third-order valence-electron chi connectivity index (χ3n) is 2.47. The van der Waals surface area contributed by atoms with Crippen LogP contribution in [0.5, 0.6) is 5.75 Å². The maximum Gasteiger partial charge on any atom is 0.142 e.